The summed E-state index contributed by atoms with van der Waals surface area (Å²) < 4.78 is 0.843. The summed E-state index contributed by atoms with van der Waals surface area (Å²) in [6.45, 7) is 9.89. The van der Waals surface area contributed by atoms with E-state index in [0.717, 1.165) is 21.3 Å². The van der Waals surface area contributed by atoms with Gasteiger partial charge in [-0.25, -0.2) is 0 Å². The normalized spacial score (nSPS) is 19.7. The molecule has 21 heavy (non-hydrogen) atoms. The van der Waals surface area contributed by atoms with Gasteiger partial charge in [-0.05, 0) is 52.4 Å². The van der Waals surface area contributed by atoms with Gasteiger partial charge in [0.1, 0.15) is 12.6 Å². The maximum atomic E-state index is 12.8. The van der Waals surface area contributed by atoms with Crippen LogP contribution in [-0.4, -0.2) is 24.4 Å². The van der Waals surface area contributed by atoms with Crippen LogP contribution in [0.4, 0.5) is 5.69 Å². The first kappa shape index (κ1) is 16.0. The first-order valence-electron chi connectivity index (χ1n) is 6.98. The van der Waals surface area contributed by atoms with Crippen molar-refractivity contribution in [1.82, 2.24) is 5.32 Å². The first-order valence-corrected chi connectivity index (χ1v) is 7.78. The lowest BCUT2D eigenvalue weighted by Gasteiger charge is -2.39. The Morgan fingerprint density at radius 1 is 1.24 bits per heavy atom. The van der Waals surface area contributed by atoms with E-state index in [1.165, 1.54) is 0 Å². The summed E-state index contributed by atoms with van der Waals surface area (Å²) in [7, 11) is 0. The molecule has 1 saturated heterocycles. The number of nitrogens with one attached hydrogen (secondary N) is 1. The minimum Gasteiger partial charge on any atom is -0.342 e. The highest BCUT2D eigenvalue weighted by Gasteiger charge is 2.41. The van der Waals surface area contributed by atoms with Gasteiger partial charge in [0.05, 0.1) is 5.69 Å². The summed E-state index contributed by atoms with van der Waals surface area (Å²) in [6.07, 6.45) is 0. The number of aryl methyl sites for hydroxylation is 2. The largest absolute Gasteiger partial charge is 0.342 e. The van der Waals surface area contributed by atoms with Gasteiger partial charge >= 0.3 is 0 Å². The minimum atomic E-state index is -0.508. The quantitative estimate of drug-likeness (QED) is 0.844. The van der Waals surface area contributed by atoms with E-state index in [1.807, 2.05) is 46.8 Å². The van der Waals surface area contributed by atoms with Gasteiger partial charge < -0.3 is 5.32 Å². The Balaban J connectivity index is 2.48. The molecule has 2 rings (SSSR count). The van der Waals surface area contributed by atoms with Gasteiger partial charge in [-0.15, -0.1) is 0 Å². The Kier molecular flexibility index (Phi) is 4.15. The standard InChI is InChI=1S/C16H21BrN2O2/c1-9-6-10(2)13(11(17)7-9)19-8-12(20)18-14(15(19)21)16(3,4)5/h6-7,14H,8H2,1-5H3,(H,18,20). The van der Waals surface area contributed by atoms with Crippen molar-refractivity contribution in [1.29, 1.82) is 0 Å². The molecular formula is C16H21BrN2O2. The van der Waals surface area contributed by atoms with Crippen molar-refractivity contribution in [3.05, 3.63) is 27.7 Å². The van der Waals surface area contributed by atoms with E-state index in [2.05, 4.69) is 21.2 Å². The fourth-order valence-electron chi connectivity index (χ4n) is 2.67. The smallest absolute Gasteiger partial charge is 0.250 e. The molecule has 0 bridgehead atoms. The Hall–Kier alpha value is -1.36. The van der Waals surface area contributed by atoms with Crippen molar-refractivity contribution >= 4 is 33.4 Å². The Bertz CT molecular complexity index is 582. The Morgan fingerprint density at radius 3 is 2.38 bits per heavy atom. The Morgan fingerprint density at radius 2 is 1.86 bits per heavy atom. The van der Waals surface area contributed by atoms with Crippen molar-refractivity contribution in [3.8, 4) is 0 Å². The molecule has 1 unspecified atom stereocenters. The van der Waals surface area contributed by atoms with Gasteiger partial charge in [0.25, 0.3) is 5.91 Å². The summed E-state index contributed by atoms with van der Waals surface area (Å²) in [6, 6.07) is 3.48. The highest BCUT2D eigenvalue weighted by atomic mass is 79.9. The summed E-state index contributed by atoms with van der Waals surface area (Å²) in [4.78, 5) is 26.4. The number of anilines is 1. The second-order valence-electron chi connectivity index (χ2n) is 6.70. The number of rotatable bonds is 1. The van der Waals surface area contributed by atoms with Crippen LogP contribution in [0.5, 0.6) is 0 Å². The number of benzene rings is 1. The highest BCUT2D eigenvalue weighted by Crippen LogP contribution is 2.34. The number of amides is 2. The van der Waals surface area contributed by atoms with Crippen LogP contribution in [0, 0.1) is 19.3 Å². The van der Waals surface area contributed by atoms with Gasteiger partial charge in [-0.1, -0.05) is 26.8 Å². The zero-order chi connectivity index (χ0) is 15.9. The van der Waals surface area contributed by atoms with Gasteiger partial charge in [-0.3, -0.25) is 14.5 Å². The summed E-state index contributed by atoms with van der Waals surface area (Å²) in [5, 5.41) is 2.81. The number of carbonyl (C=O) groups excluding carboxylic acids is 2. The number of piperazine rings is 1. The molecule has 1 aromatic rings. The fraction of sp³-hybridized carbons (Fsp3) is 0.500. The van der Waals surface area contributed by atoms with Crippen molar-refractivity contribution in [2.45, 2.75) is 40.7 Å². The van der Waals surface area contributed by atoms with Crippen LogP contribution in [0.15, 0.2) is 16.6 Å². The maximum absolute atomic E-state index is 12.8. The molecule has 114 valence electrons. The summed E-state index contributed by atoms with van der Waals surface area (Å²) in [5.41, 5.74) is 2.56. The molecule has 1 atom stereocenters. The predicted octanol–water partition coefficient (Wildman–Crippen LogP) is 2.94. The molecule has 1 aliphatic rings. The number of halogens is 1. The van der Waals surface area contributed by atoms with Gasteiger partial charge in [-0.2, -0.15) is 0 Å². The molecular weight excluding hydrogens is 332 g/mol. The molecule has 1 aliphatic heterocycles. The van der Waals surface area contributed by atoms with E-state index in [9.17, 15) is 9.59 Å². The highest BCUT2D eigenvalue weighted by molar-refractivity contribution is 9.10. The third kappa shape index (κ3) is 3.12. The SMILES string of the molecule is Cc1cc(C)c(N2CC(=O)NC(C(C)(C)C)C2=O)c(Br)c1. The maximum Gasteiger partial charge on any atom is 0.250 e. The van der Waals surface area contributed by atoms with Crippen LogP contribution in [0.3, 0.4) is 0 Å². The van der Waals surface area contributed by atoms with Gasteiger partial charge in [0.2, 0.25) is 5.91 Å². The van der Waals surface area contributed by atoms with Crippen molar-refractivity contribution in [2.75, 3.05) is 11.4 Å². The van der Waals surface area contributed by atoms with Crippen LogP contribution in [-0.2, 0) is 9.59 Å². The molecule has 1 N–H and O–H groups in total. The van der Waals surface area contributed by atoms with Crippen molar-refractivity contribution < 1.29 is 9.59 Å². The molecule has 5 heteroatoms. The molecule has 1 fully saturated rings. The lowest BCUT2D eigenvalue weighted by atomic mass is 9.84. The van der Waals surface area contributed by atoms with E-state index >= 15 is 0 Å². The van der Waals surface area contributed by atoms with Gasteiger partial charge in [0, 0.05) is 4.47 Å². The lowest BCUT2D eigenvalue weighted by Crippen LogP contribution is -2.62. The van der Waals surface area contributed by atoms with Crippen LogP contribution in [0.2, 0.25) is 0 Å². The monoisotopic (exact) mass is 352 g/mol. The number of nitrogens with zero attached hydrogens (tertiary/aromatic N) is 1. The van der Waals surface area contributed by atoms with Crippen LogP contribution >= 0.6 is 15.9 Å². The molecule has 0 aromatic heterocycles. The fourth-order valence-corrected chi connectivity index (χ4v) is 3.56. The van der Waals surface area contributed by atoms with E-state index in [-0.39, 0.29) is 23.8 Å². The third-order valence-electron chi connectivity index (χ3n) is 3.65. The predicted molar refractivity (Wildman–Crippen MR) is 87.4 cm³/mol. The van der Waals surface area contributed by atoms with Crippen LogP contribution in [0.1, 0.15) is 31.9 Å². The summed E-state index contributed by atoms with van der Waals surface area (Å²) >= 11 is 3.53. The molecule has 1 aromatic carbocycles. The number of hydrogen-bond acceptors (Lipinski definition) is 2. The second-order valence-corrected chi connectivity index (χ2v) is 7.56. The Labute approximate surface area is 134 Å². The topological polar surface area (TPSA) is 49.4 Å². The third-order valence-corrected chi connectivity index (χ3v) is 4.26. The van der Waals surface area contributed by atoms with E-state index in [0.29, 0.717) is 0 Å². The minimum absolute atomic E-state index is 0.0604. The molecule has 2 amide bonds. The van der Waals surface area contributed by atoms with E-state index < -0.39 is 6.04 Å². The second kappa shape index (κ2) is 5.44. The van der Waals surface area contributed by atoms with Crippen molar-refractivity contribution in [3.63, 3.8) is 0 Å². The first-order chi connectivity index (χ1) is 9.61. The van der Waals surface area contributed by atoms with Gasteiger partial charge in [0.15, 0.2) is 0 Å². The molecule has 1 heterocycles. The molecule has 0 spiro atoms. The zero-order valence-electron chi connectivity index (χ0n) is 13.1. The van der Waals surface area contributed by atoms with Crippen LogP contribution in [0.25, 0.3) is 0 Å². The molecule has 0 radical (unpaired) electrons. The molecule has 0 saturated carbocycles. The molecule has 4 nitrogen and oxygen atoms in total. The molecule has 0 aliphatic carbocycles. The van der Waals surface area contributed by atoms with E-state index in [4.69, 9.17) is 0 Å². The number of hydrogen-bond donors (Lipinski definition) is 1. The lowest BCUT2D eigenvalue weighted by molar-refractivity contribution is -0.133. The zero-order valence-corrected chi connectivity index (χ0v) is 14.7. The van der Waals surface area contributed by atoms with Crippen molar-refractivity contribution in [2.24, 2.45) is 5.41 Å². The average molecular weight is 353 g/mol. The average Bonchev–Trinajstić information content (AvgIpc) is 2.30. The van der Waals surface area contributed by atoms with Crippen LogP contribution < -0.4 is 10.2 Å². The van der Waals surface area contributed by atoms with E-state index in [1.54, 1.807) is 4.90 Å². The number of carbonyl (C=O) groups is 2. The summed E-state index contributed by atoms with van der Waals surface area (Å²) in [5.74, 6) is -0.184.